The number of thiophene rings is 1. The highest BCUT2D eigenvalue weighted by molar-refractivity contribution is 7.08. The van der Waals surface area contributed by atoms with Gasteiger partial charge in [-0.25, -0.2) is 0 Å². The minimum absolute atomic E-state index is 0.153. The molecule has 1 heterocycles. The Labute approximate surface area is 104 Å². The highest BCUT2D eigenvalue weighted by Gasteiger charge is 2.11. The number of nitrogens with one attached hydrogen (secondary N) is 1. The Bertz CT molecular complexity index is 506. The molecule has 1 unspecified atom stereocenters. The minimum atomic E-state index is -0.603. The molecule has 0 saturated heterocycles. The summed E-state index contributed by atoms with van der Waals surface area (Å²) in [6, 6.07) is 9.02. The van der Waals surface area contributed by atoms with E-state index >= 15 is 0 Å². The Balaban J connectivity index is 2.22. The lowest BCUT2D eigenvalue weighted by molar-refractivity contribution is 0.102. The molecule has 0 fully saturated rings. The fourth-order valence-corrected chi connectivity index (χ4v) is 2.20. The van der Waals surface area contributed by atoms with Crippen molar-refractivity contribution in [1.29, 1.82) is 0 Å². The smallest absolute Gasteiger partial charge is 0.256 e. The lowest BCUT2D eigenvalue weighted by Crippen LogP contribution is -2.13. The molecule has 1 amide bonds. The Hall–Kier alpha value is -1.65. The summed E-state index contributed by atoms with van der Waals surface area (Å²) in [7, 11) is 0. The van der Waals surface area contributed by atoms with Crippen LogP contribution in [0, 0.1) is 0 Å². The van der Waals surface area contributed by atoms with Crippen molar-refractivity contribution >= 4 is 22.9 Å². The highest BCUT2D eigenvalue weighted by atomic mass is 32.1. The first-order valence-corrected chi connectivity index (χ1v) is 6.23. The summed E-state index contributed by atoms with van der Waals surface area (Å²) in [5, 5.41) is 16.0. The van der Waals surface area contributed by atoms with Crippen LogP contribution >= 0.6 is 11.3 Å². The van der Waals surface area contributed by atoms with Gasteiger partial charge in [-0.1, -0.05) is 18.2 Å². The molecule has 88 valence electrons. The lowest BCUT2D eigenvalue weighted by Gasteiger charge is -2.12. The Kier molecular flexibility index (Phi) is 3.56. The van der Waals surface area contributed by atoms with E-state index in [1.54, 1.807) is 30.5 Å². The zero-order valence-corrected chi connectivity index (χ0v) is 10.2. The number of benzene rings is 1. The molecule has 0 spiro atoms. The van der Waals surface area contributed by atoms with Gasteiger partial charge in [-0.05, 0) is 24.4 Å². The van der Waals surface area contributed by atoms with Gasteiger partial charge >= 0.3 is 0 Å². The van der Waals surface area contributed by atoms with Crippen LogP contribution in [0.3, 0.4) is 0 Å². The molecule has 1 aromatic heterocycles. The molecule has 3 nitrogen and oxygen atoms in total. The van der Waals surface area contributed by atoms with Gasteiger partial charge in [0.05, 0.1) is 11.7 Å². The van der Waals surface area contributed by atoms with Gasteiger partial charge in [0, 0.05) is 16.6 Å². The van der Waals surface area contributed by atoms with Gasteiger partial charge in [-0.3, -0.25) is 4.79 Å². The van der Waals surface area contributed by atoms with Crippen molar-refractivity contribution in [3.05, 3.63) is 52.2 Å². The van der Waals surface area contributed by atoms with Gasteiger partial charge in [0.1, 0.15) is 0 Å². The molecule has 0 saturated carbocycles. The number of rotatable bonds is 3. The third-order valence-corrected chi connectivity index (χ3v) is 3.13. The summed E-state index contributed by atoms with van der Waals surface area (Å²) >= 11 is 1.48. The first-order chi connectivity index (χ1) is 8.18. The number of anilines is 1. The zero-order chi connectivity index (χ0) is 12.3. The van der Waals surface area contributed by atoms with Crippen molar-refractivity contribution in [2.45, 2.75) is 13.0 Å². The molecule has 0 aliphatic carbocycles. The van der Waals surface area contributed by atoms with E-state index in [9.17, 15) is 9.90 Å². The van der Waals surface area contributed by atoms with E-state index in [0.717, 1.165) is 5.56 Å². The molecule has 1 aromatic carbocycles. The van der Waals surface area contributed by atoms with Crippen LogP contribution in [0.4, 0.5) is 5.69 Å². The van der Waals surface area contributed by atoms with Crippen LogP contribution in [0.5, 0.6) is 0 Å². The highest BCUT2D eigenvalue weighted by Crippen LogP contribution is 2.22. The molecule has 1 atom stereocenters. The Morgan fingerprint density at radius 1 is 1.35 bits per heavy atom. The Morgan fingerprint density at radius 2 is 2.12 bits per heavy atom. The van der Waals surface area contributed by atoms with Crippen molar-refractivity contribution in [3.63, 3.8) is 0 Å². The fourth-order valence-electron chi connectivity index (χ4n) is 1.56. The summed E-state index contributed by atoms with van der Waals surface area (Å²) < 4.78 is 0. The average Bonchev–Trinajstić information content (AvgIpc) is 2.83. The van der Waals surface area contributed by atoms with Gasteiger partial charge < -0.3 is 10.4 Å². The van der Waals surface area contributed by atoms with Crippen LogP contribution in [0.1, 0.15) is 28.9 Å². The SMILES string of the molecule is CC(O)c1ccccc1NC(=O)c1ccsc1. The second-order valence-corrected chi connectivity index (χ2v) is 4.51. The first kappa shape index (κ1) is 11.8. The maximum atomic E-state index is 11.9. The fraction of sp³-hybridized carbons (Fsp3) is 0.154. The van der Waals surface area contributed by atoms with E-state index in [0.29, 0.717) is 11.3 Å². The second-order valence-electron chi connectivity index (χ2n) is 3.73. The molecule has 0 aliphatic rings. The van der Waals surface area contributed by atoms with Crippen molar-refractivity contribution in [1.82, 2.24) is 0 Å². The molecule has 0 bridgehead atoms. The number of amides is 1. The molecular weight excluding hydrogens is 234 g/mol. The molecule has 0 aliphatic heterocycles. The van der Waals surface area contributed by atoms with Crippen LogP contribution < -0.4 is 5.32 Å². The topological polar surface area (TPSA) is 49.3 Å². The van der Waals surface area contributed by atoms with E-state index in [1.165, 1.54) is 11.3 Å². The standard InChI is InChI=1S/C13H13NO2S/c1-9(15)11-4-2-3-5-12(11)14-13(16)10-6-7-17-8-10/h2-9,15H,1H3,(H,14,16). The predicted molar refractivity (Wildman–Crippen MR) is 69.3 cm³/mol. The number of carbonyl (C=O) groups is 1. The van der Waals surface area contributed by atoms with E-state index < -0.39 is 6.10 Å². The quantitative estimate of drug-likeness (QED) is 0.875. The van der Waals surface area contributed by atoms with Crippen LogP contribution in [0.25, 0.3) is 0 Å². The normalized spacial score (nSPS) is 12.1. The van der Waals surface area contributed by atoms with Crippen LogP contribution in [-0.4, -0.2) is 11.0 Å². The molecule has 4 heteroatoms. The zero-order valence-electron chi connectivity index (χ0n) is 9.38. The Morgan fingerprint density at radius 3 is 2.76 bits per heavy atom. The average molecular weight is 247 g/mol. The monoisotopic (exact) mass is 247 g/mol. The minimum Gasteiger partial charge on any atom is -0.389 e. The third kappa shape index (κ3) is 2.72. The van der Waals surface area contributed by atoms with E-state index in [2.05, 4.69) is 5.32 Å². The molecule has 0 radical (unpaired) electrons. The van der Waals surface area contributed by atoms with Crippen molar-refractivity contribution in [2.75, 3.05) is 5.32 Å². The number of hydrogen-bond acceptors (Lipinski definition) is 3. The number of hydrogen-bond donors (Lipinski definition) is 2. The number of para-hydroxylation sites is 1. The number of aliphatic hydroxyl groups is 1. The lowest BCUT2D eigenvalue weighted by atomic mass is 10.1. The predicted octanol–water partition coefficient (Wildman–Crippen LogP) is 3.05. The van der Waals surface area contributed by atoms with Crippen LogP contribution in [-0.2, 0) is 0 Å². The summed E-state index contributed by atoms with van der Waals surface area (Å²) in [4.78, 5) is 11.9. The summed E-state index contributed by atoms with van der Waals surface area (Å²) in [5.74, 6) is -0.153. The van der Waals surface area contributed by atoms with Gasteiger partial charge in [-0.15, -0.1) is 0 Å². The molecular formula is C13H13NO2S. The molecule has 2 aromatic rings. The largest absolute Gasteiger partial charge is 0.389 e. The summed E-state index contributed by atoms with van der Waals surface area (Å²) in [5.41, 5.74) is 2.00. The van der Waals surface area contributed by atoms with Crippen molar-refractivity contribution in [3.8, 4) is 0 Å². The van der Waals surface area contributed by atoms with E-state index in [4.69, 9.17) is 0 Å². The van der Waals surface area contributed by atoms with Crippen molar-refractivity contribution in [2.24, 2.45) is 0 Å². The van der Waals surface area contributed by atoms with Crippen LogP contribution in [0.15, 0.2) is 41.1 Å². The van der Waals surface area contributed by atoms with Gasteiger partial charge in [0.25, 0.3) is 5.91 Å². The third-order valence-electron chi connectivity index (χ3n) is 2.44. The molecule has 17 heavy (non-hydrogen) atoms. The van der Waals surface area contributed by atoms with Crippen molar-refractivity contribution < 1.29 is 9.90 Å². The summed E-state index contributed by atoms with van der Waals surface area (Å²) in [6.45, 7) is 1.68. The second kappa shape index (κ2) is 5.12. The molecule has 2 N–H and O–H groups in total. The number of aliphatic hydroxyl groups excluding tert-OH is 1. The van der Waals surface area contributed by atoms with Crippen LogP contribution in [0.2, 0.25) is 0 Å². The van der Waals surface area contributed by atoms with Gasteiger partial charge in [0.2, 0.25) is 0 Å². The van der Waals surface area contributed by atoms with Gasteiger partial charge in [0.15, 0.2) is 0 Å². The molecule has 2 rings (SSSR count). The maximum Gasteiger partial charge on any atom is 0.256 e. The maximum absolute atomic E-state index is 11.9. The van der Waals surface area contributed by atoms with E-state index in [-0.39, 0.29) is 5.91 Å². The summed E-state index contributed by atoms with van der Waals surface area (Å²) in [6.07, 6.45) is -0.603. The van der Waals surface area contributed by atoms with E-state index in [1.807, 2.05) is 17.5 Å². The van der Waals surface area contributed by atoms with Gasteiger partial charge in [-0.2, -0.15) is 11.3 Å². The first-order valence-electron chi connectivity index (χ1n) is 5.29. The number of carbonyl (C=O) groups excluding carboxylic acids is 1.